The molecule has 0 saturated heterocycles. The summed E-state index contributed by atoms with van der Waals surface area (Å²) in [6, 6.07) is 7.92. The van der Waals surface area contributed by atoms with Gasteiger partial charge in [-0.25, -0.2) is 0 Å². The first-order valence-electron chi connectivity index (χ1n) is 7.81. The lowest BCUT2D eigenvalue weighted by Gasteiger charge is -2.24. The van der Waals surface area contributed by atoms with Crippen molar-refractivity contribution in [3.63, 3.8) is 0 Å². The molecule has 2 unspecified atom stereocenters. The first kappa shape index (κ1) is 20.1. The second-order valence-corrected chi connectivity index (χ2v) is 7.30. The average molecular weight is 435 g/mol. The lowest BCUT2D eigenvalue weighted by molar-refractivity contribution is 0.213. The molecular formula is C18H19BrN4O2S. The Hall–Kier alpha value is -2.24. The summed E-state index contributed by atoms with van der Waals surface area (Å²) in [5.41, 5.74) is 0.839. The highest BCUT2D eigenvalue weighted by Crippen LogP contribution is 2.26. The molecule has 6 nitrogen and oxygen atoms in total. The van der Waals surface area contributed by atoms with Crippen LogP contribution in [0.25, 0.3) is 10.9 Å². The number of nitrogens with zero attached hydrogens (tertiary/aromatic N) is 3. The molecule has 2 aromatic rings. The Labute approximate surface area is 166 Å². The van der Waals surface area contributed by atoms with Gasteiger partial charge in [0, 0.05) is 16.1 Å². The minimum absolute atomic E-state index is 0.390. The van der Waals surface area contributed by atoms with Crippen LogP contribution in [0.1, 0.15) is 19.4 Å². The van der Waals surface area contributed by atoms with Gasteiger partial charge < -0.3 is 14.9 Å². The van der Waals surface area contributed by atoms with Gasteiger partial charge in [-0.1, -0.05) is 17.4 Å². The average Bonchev–Trinajstić information content (AvgIpc) is 2.59. The van der Waals surface area contributed by atoms with Crippen molar-refractivity contribution in [1.29, 1.82) is 5.26 Å². The highest BCUT2D eigenvalue weighted by Gasteiger charge is 2.25. The molecule has 0 radical (unpaired) electrons. The van der Waals surface area contributed by atoms with Gasteiger partial charge in [-0.2, -0.15) is 5.26 Å². The monoisotopic (exact) mass is 434 g/mol. The third-order valence-corrected chi connectivity index (χ3v) is 4.50. The van der Waals surface area contributed by atoms with Crippen LogP contribution in [0.4, 0.5) is 0 Å². The fourth-order valence-corrected chi connectivity index (χ4v) is 2.91. The quantitative estimate of drug-likeness (QED) is 0.421. The van der Waals surface area contributed by atoms with E-state index < -0.39 is 11.6 Å². The topological polar surface area (TPSA) is 79.5 Å². The summed E-state index contributed by atoms with van der Waals surface area (Å²) in [6.45, 7) is 5.45. The normalized spacial score (nSPS) is 14.5. The van der Waals surface area contributed by atoms with E-state index in [-0.39, 0.29) is 0 Å². The Morgan fingerprint density at radius 1 is 1.50 bits per heavy atom. The summed E-state index contributed by atoms with van der Waals surface area (Å²) < 4.78 is 6.87. The Kier molecular flexibility index (Phi) is 6.51. The predicted molar refractivity (Wildman–Crippen MR) is 110 cm³/mol. The fraction of sp³-hybridized carbons (Fsp3) is 0.333. The van der Waals surface area contributed by atoms with Gasteiger partial charge in [-0.15, -0.1) is 0 Å². The number of halogens is 1. The lowest BCUT2D eigenvalue weighted by Crippen LogP contribution is -2.49. The Morgan fingerprint density at radius 2 is 2.23 bits per heavy atom. The van der Waals surface area contributed by atoms with E-state index >= 15 is 0 Å². The summed E-state index contributed by atoms with van der Waals surface area (Å²) in [4.78, 5) is 9.45. The number of nitriles is 1. The maximum absolute atomic E-state index is 9.34. The third kappa shape index (κ3) is 4.90. The zero-order chi connectivity index (χ0) is 19.3. The van der Waals surface area contributed by atoms with Crippen LogP contribution in [0.5, 0.6) is 5.75 Å². The summed E-state index contributed by atoms with van der Waals surface area (Å²) in [5.74, 6) is 0.677. The van der Waals surface area contributed by atoms with E-state index in [0.29, 0.717) is 10.7 Å². The van der Waals surface area contributed by atoms with Crippen LogP contribution in [0.3, 0.4) is 0 Å². The standard InChI is InChI=1S/C18H19BrN4O2S/c1-11-5-15(7-13-6-14(19)8-21-16(11)13)25-12(2)17(26)23-18(3,9-20)10-22-24-4/h5-8,10,12H,1-4H3,(H,23,26). The van der Waals surface area contributed by atoms with Gasteiger partial charge >= 0.3 is 0 Å². The molecule has 0 saturated carbocycles. The zero-order valence-corrected chi connectivity index (χ0v) is 17.3. The van der Waals surface area contributed by atoms with Gasteiger partial charge in [0.15, 0.2) is 5.54 Å². The molecule has 2 atom stereocenters. The molecule has 0 aliphatic carbocycles. The van der Waals surface area contributed by atoms with Gasteiger partial charge in [0.2, 0.25) is 0 Å². The second-order valence-electron chi connectivity index (χ2n) is 5.95. The molecule has 0 bridgehead atoms. The highest BCUT2D eigenvalue weighted by atomic mass is 79.9. The van der Waals surface area contributed by atoms with Crippen molar-refractivity contribution in [1.82, 2.24) is 10.3 Å². The third-order valence-electron chi connectivity index (χ3n) is 3.63. The van der Waals surface area contributed by atoms with Gasteiger partial charge in [0.05, 0.1) is 17.8 Å². The highest BCUT2D eigenvalue weighted by molar-refractivity contribution is 9.10. The lowest BCUT2D eigenvalue weighted by atomic mass is 10.1. The number of rotatable bonds is 6. The molecule has 0 spiro atoms. The van der Waals surface area contributed by atoms with Crippen molar-refractivity contribution < 1.29 is 9.57 Å². The van der Waals surface area contributed by atoms with Gasteiger partial charge in [-0.3, -0.25) is 4.98 Å². The number of benzene rings is 1. The second kappa shape index (κ2) is 8.43. The van der Waals surface area contributed by atoms with Crippen molar-refractivity contribution >= 4 is 50.3 Å². The SMILES string of the molecule is CON=CC(C)(C#N)NC(=S)C(C)Oc1cc(C)c2ncc(Br)cc2c1. The number of hydrogen-bond acceptors (Lipinski definition) is 6. The number of oxime groups is 1. The number of ether oxygens (including phenoxy) is 1. The van der Waals surface area contributed by atoms with Crippen LogP contribution < -0.4 is 10.1 Å². The largest absolute Gasteiger partial charge is 0.484 e. The summed E-state index contributed by atoms with van der Waals surface area (Å²) >= 11 is 8.81. The molecule has 1 heterocycles. The Balaban J connectivity index is 2.17. The molecule has 2 rings (SSSR count). The number of hydrogen-bond donors (Lipinski definition) is 1. The minimum atomic E-state index is -1.08. The first-order chi connectivity index (χ1) is 12.3. The van der Waals surface area contributed by atoms with E-state index in [1.165, 1.54) is 13.3 Å². The number of fused-ring (bicyclic) bond motifs is 1. The minimum Gasteiger partial charge on any atom is -0.484 e. The molecular weight excluding hydrogens is 416 g/mol. The summed E-state index contributed by atoms with van der Waals surface area (Å²) in [5, 5.41) is 16.9. The van der Waals surface area contributed by atoms with E-state index in [2.05, 4.69) is 42.3 Å². The van der Waals surface area contributed by atoms with E-state index in [1.807, 2.05) is 32.0 Å². The number of thiocarbonyl (C=S) groups is 1. The molecule has 136 valence electrons. The van der Waals surface area contributed by atoms with E-state index in [0.717, 1.165) is 20.9 Å². The fourth-order valence-electron chi connectivity index (χ4n) is 2.30. The van der Waals surface area contributed by atoms with Gasteiger partial charge in [0.25, 0.3) is 0 Å². The molecule has 0 fully saturated rings. The molecule has 1 aromatic heterocycles. The molecule has 0 aliphatic rings. The van der Waals surface area contributed by atoms with E-state index in [1.54, 1.807) is 13.1 Å². The van der Waals surface area contributed by atoms with Gasteiger partial charge in [0.1, 0.15) is 24.0 Å². The van der Waals surface area contributed by atoms with Crippen molar-refractivity contribution in [3.8, 4) is 11.8 Å². The van der Waals surface area contributed by atoms with Crippen molar-refractivity contribution in [3.05, 3.63) is 34.4 Å². The summed E-state index contributed by atoms with van der Waals surface area (Å²) in [7, 11) is 1.41. The smallest absolute Gasteiger partial charge is 0.162 e. The molecule has 1 aromatic carbocycles. The van der Waals surface area contributed by atoms with Crippen molar-refractivity contribution in [2.24, 2.45) is 5.16 Å². The predicted octanol–water partition coefficient (Wildman–Crippen LogP) is 3.90. The maximum Gasteiger partial charge on any atom is 0.162 e. The van der Waals surface area contributed by atoms with Crippen molar-refractivity contribution in [2.45, 2.75) is 32.4 Å². The van der Waals surface area contributed by atoms with Crippen LogP contribution >= 0.6 is 28.1 Å². The van der Waals surface area contributed by atoms with Crippen LogP contribution in [-0.4, -0.2) is 34.9 Å². The van der Waals surface area contributed by atoms with Gasteiger partial charge in [-0.05, 0) is 60.5 Å². The number of aromatic nitrogens is 1. The molecule has 1 N–H and O–H groups in total. The van der Waals surface area contributed by atoms with Crippen LogP contribution in [0.15, 0.2) is 34.0 Å². The number of pyridine rings is 1. The number of aryl methyl sites for hydroxylation is 1. The number of nitrogens with one attached hydrogen (secondary N) is 1. The Morgan fingerprint density at radius 3 is 2.88 bits per heavy atom. The molecule has 26 heavy (non-hydrogen) atoms. The van der Waals surface area contributed by atoms with Crippen LogP contribution in [0, 0.1) is 18.3 Å². The van der Waals surface area contributed by atoms with Crippen LogP contribution in [0.2, 0.25) is 0 Å². The maximum atomic E-state index is 9.34. The van der Waals surface area contributed by atoms with E-state index in [9.17, 15) is 5.26 Å². The van der Waals surface area contributed by atoms with E-state index in [4.69, 9.17) is 17.0 Å². The molecule has 8 heteroatoms. The molecule has 0 amide bonds. The zero-order valence-electron chi connectivity index (χ0n) is 14.9. The van der Waals surface area contributed by atoms with Crippen molar-refractivity contribution in [2.75, 3.05) is 7.11 Å². The first-order valence-corrected chi connectivity index (χ1v) is 9.01. The summed E-state index contributed by atoms with van der Waals surface area (Å²) in [6.07, 6.45) is 2.68. The Bertz CT molecular complexity index is 897. The van der Waals surface area contributed by atoms with Crippen LogP contribution in [-0.2, 0) is 4.84 Å². The molecule has 0 aliphatic heterocycles.